The summed E-state index contributed by atoms with van der Waals surface area (Å²) in [6.45, 7) is 3.59. The Morgan fingerprint density at radius 2 is 1.73 bits per heavy atom. The van der Waals surface area contributed by atoms with Crippen molar-refractivity contribution in [1.29, 1.82) is 0 Å². The first kappa shape index (κ1) is 18.2. The summed E-state index contributed by atoms with van der Waals surface area (Å²) in [5.41, 5.74) is 0.766. The Bertz CT molecular complexity index is 967. The van der Waals surface area contributed by atoms with E-state index in [0.717, 1.165) is 4.31 Å². The molecule has 2 aromatic rings. The monoisotopic (exact) mass is 376 g/mol. The number of rotatable bonds is 4. The number of carbonyl (C=O) groups excluding carboxylic acids is 1. The molecule has 1 heterocycles. The van der Waals surface area contributed by atoms with Crippen LogP contribution in [0.3, 0.4) is 0 Å². The van der Waals surface area contributed by atoms with Crippen molar-refractivity contribution < 1.29 is 22.7 Å². The fraction of sp³-hybridized carbons (Fsp3) is 0.278. The Hall–Kier alpha value is -2.58. The number of amides is 1. The van der Waals surface area contributed by atoms with Crippen LogP contribution in [-0.4, -0.2) is 38.5 Å². The van der Waals surface area contributed by atoms with Crippen molar-refractivity contribution in [2.24, 2.45) is 0 Å². The van der Waals surface area contributed by atoms with Gasteiger partial charge < -0.3 is 14.8 Å². The smallest absolute Gasteiger partial charge is 0.255 e. The zero-order valence-corrected chi connectivity index (χ0v) is 15.8. The van der Waals surface area contributed by atoms with Crippen LogP contribution in [0, 0.1) is 0 Å². The predicted molar refractivity (Wildman–Crippen MR) is 97.0 cm³/mol. The number of anilines is 1. The summed E-state index contributed by atoms with van der Waals surface area (Å²) in [6, 6.07) is 11.0. The lowest BCUT2D eigenvalue weighted by Crippen LogP contribution is -2.29. The number of fused-ring (bicyclic) bond motifs is 1. The molecule has 1 N–H and O–H groups in total. The quantitative estimate of drug-likeness (QED) is 0.887. The third-order valence-corrected chi connectivity index (χ3v) is 5.60. The second-order valence-electron chi connectivity index (χ2n) is 6.53. The molecule has 0 unspecified atom stereocenters. The number of hydrogen-bond acceptors (Lipinski definition) is 5. The van der Waals surface area contributed by atoms with Gasteiger partial charge in [-0.25, -0.2) is 12.7 Å². The van der Waals surface area contributed by atoms with Gasteiger partial charge in [-0.2, -0.15) is 0 Å². The summed E-state index contributed by atoms with van der Waals surface area (Å²) in [5.74, 6) is -0.0254. The van der Waals surface area contributed by atoms with E-state index in [1.165, 1.54) is 32.3 Å². The highest BCUT2D eigenvalue weighted by Gasteiger charge is 2.31. The topological polar surface area (TPSA) is 84.9 Å². The van der Waals surface area contributed by atoms with Gasteiger partial charge >= 0.3 is 0 Å². The molecule has 2 aromatic carbocycles. The van der Waals surface area contributed by atoms with Crippen LogP contribution in [0.4, 0.5) is 5.69 Å². The third kappa shape index (κ3) is 3.51. The van der Waals surface area contributed by atoms with Crippen molar-refractivity contribution in [3.8, 4) is 11.5 Å². The van der Waals surface area contributed by atoms with Crippen LogP contribution in [0.15, 0.2) is 47.4 Å². The number of benzene rings is 2. The molecule has 0 fully saturated rings. The van der Waals surface area contributed by atoms with E-state index in [1.54, 1.807) is 38.1 Å². The molecular formula is C18H20N2O5S. The molecule has 0 aromatic heterocycles. The van der Waals surface area contributed by atoms with E-state index in [9.17, 15) is 13.2 Å². The second kappa shape index (κ2) is 6.30. The minimum atomic E-state index is -3.61. The molecule has 26 heavy (non-hydrogen) atoms. The Balaban J connectivity index is 1.82. The van der Waals surface area contributed by atoms with E-state index in [0.29, 0.717) is 17.2 Å². The molecule has 0 saturated heterocycles. The number of carbonyl (C=O) groups is 1. The SMILES string of the molecule is CN(C)S(=O)(=O)c1cccc(C(=O)Nc2ccc3c(c2)OC(C)(C)O3)c1. The molecule has 0 aliphatic carbocycles. The first-order valence-corrected chi connectivity index (χ1v) is 9.38. The molecule has 0 saturated carbocycles. The lowest BCUT2D eigenvalue weighted by molar-refractivity contribution is -0.0431. The summed E-state index contributed by atoms with van der Waals surface area (Å²) in [7, 11) is -0.729. The van der Waals surface area contributed by atoms with Gasteiger partial charge in [-0.15, -0.1) is 0 Å². The van der Waals surface area contributed by atoms with Gasteiger partial charge in [0, 0.05) is 45.3 Å². The van der Waals surface area contributed by atoms with Crippen LogP contribution in [0.2, 0.25) is 0 Å². The fourth-order valence-corrected chi connectivity index (χ4v) is 3.46. The summed E-state index contributed by atoms with van der Waals surface area (Å²) in [6.07, 6.45) is 0. The summed E-state index contributed by atoms with van der Waals surface area (Å²) in [5, 5.41) is 2.74. The normalized spacial score (nSPS) is 15.1. The largest absolute Gasteiger partial charge is 0.449 e. The van der Waals surface area contributed by atoms with Crippen molar-refractivity contribution in [3.05, 3.63) is 48.0 Å². The minimum absolute atomic E-state index is 0.0580. The highest BCUT2D eigenvalue weighted by atomic mass is 32.2. The Labute approximate surface area is 152 Å². The summed E-state index contributed by atoms with van der Waals surface area (Å²) >= 11 is 0. The molecule has 0 atom stereocenters. The third-order valence-electron chi connectivity index (χ3n) is 3.79. The maximum Gasteiger partial charge on any atom is 0.255 e. The fourth-order valence-electron chi connectivity index (χ4n) is 2.51. The molecule has 0 radical (unpaired) electrons. The predicted octanol–water partition coefficient (Wildman–Crippen LogP) is 2.70. The molecule has 1 aliphatic heterocycles. The van der Waals surface area contributed by atoms with Crippen molar-refractivity contribution in [3.63, 3.8) is 0 Å². The van der Waals surface area contributed by atoms with E-state index >= 15 is 0 Å². The van der Waals surface area contributed by atoms with Crippen LogP contribution < -0.4 is 14.8 Å². The van der Waals surface area contributed by atoms with Crippen LogP contribution in [0.25, 0.3) is 0 Å². The number of nitrogens with zero attached hydrogens (tertiary/aromatic N) is 1. The summed E-state index contributed by atoms with van der Waals surface area (Å²) < 4.78 is 36.8. The zero-order chi connectivity index (χ0) is 19.1. The maximum atomic E-state index is 12.5. The molecule has 7 nitrogen and oxygen atoms in total. The highest BCUT2D eigenvalue weighted by molar-refractivity contribution is 7.89. The van der Waals surface area contributed by atoms with Crippen molar-refractivity contribution in [1.82, 2.24) is 4.31 Å². The standard InChI is InChI=1S/C18H20N2O5S/c1-18(2)24-15-9-8-13(11-16(15)25-18)19-17(21)12-6-5-7-14(10-12)26(22,23)20(3)4/h5-11H,1-4H3,(H,19,21). The molecule has 0 spiro atoms. The number of sulfonamides is 1. The molecule has 138 valence electrons. The molecule has 1 aliphatic rings. The summed E-state index contributed by atoms with van der Waals surface area (Å²) in [4.78, 5) is 12.6. The minimum Gasteiger partial charge on any atom is -0.449 e. The van der Waals surface area contributed by atoms with Crippen molar-refractivity contribution >= 4 is 21.6 Å². The second-order valence-corrected chi connectivity index (χ2v) is 8.69. The van der Waals surface area contributed by atoms with E-state index in [-0.39, 0.29) is 10.5 Å². The van der Waals surface area contributed by atoms with Crippen LogP contribution in [0.1, 0.15) is 24.2 Å². The average Bonchev–Trinajstić information content (AvgIpc) is 2.87. The number of ether oxygens (including phenoxy) is 2. The van der Waals surface area contributed by atoms with Crippen molar-refractivity contribution in [2.75, 3.05) is 19.4 Å². The van der Waals surface area contributed by atoms with Gasteiger partial charge in [0.25, 0.3) is 5.91 Å². The van der Waals surface area contributed by atoms with Gasteiger partial charge in [-0.1, -0.05) is 6.07 Å². The van der Waals surface area contributed by atoms with Crippen LogP contribution >= 0.6 is 0 Å². The average molecular weight is 376 g/mol. The molecular weight excluding hydrogens is 356 g/mol. The van der Waals surface area contributed by atoms with E-state index < -0.39 is 21.7 Å². The highest BCUT2D eigenvalue weighted by Crippen LogP contribution is 2.40. The van der Waals surface area contributed by atoms with E-state index in [2.05, 4.69) is 5.32 Å². The van der Waals surface area contributed by atoms with Crippen LogP contribution in [-0.2, 0) is 10.0 Å². The van der Waals surface area contributed by atoms with Gasteiger partial charge in [0.2, 0.25) is 15.8 Å². The Kier molecular flexibility index (Phi) is 4.41. The first-order chi connectivity index (χ1) is 12.1. The lowest BCUT2D eigenvalue weighted by Gasteiger charge is -2.16. The molecule has 1 amide bonds. The first-order valence-electron chi connectivity index (χ1n) is 7.94. The maximum absolute atomic E-state index is 12.5. The van der Waals surface area contributed by atoms with Gasteiger partial charge in [0.05, 0.1) is 4.90 Å². The number of nitrogens with one attached hydrogen (secondary N) is 1. The molecule has 0 bridgehead atoms. The van der Waals surface area contributed by atoms with Crippen LogP contribution in [0.5, 0.6) is 11.5 Å². The Morgan fingerprint density at radius 3 is 2.42 bits per heavy atom. The molecule has 3 rings (SSSR count). The zero-order valence-electron chi connectivity index (χ0n) is 14.9. The van der Waals surface area contributed by atoms with E-state index in [1.807, 2.05) is 0 Å². The van der Waals surface area contributed by atoms with E-state index in [4.69, 9.17) is 9.47 Å². The Morgan fingerprint density at radius 1 is 1.04 bits per heavy atom. The van der Waals surface area contributed by atoms with Gasteiger partial charge in [0.15, 0.2) is 11.5 Å². The lowest BCUT2D eigenvalue weighted by atomic mass is 10.2. The van der Waals surface area contributed by atoms with Gasteiger partial charge in [-0.05, 0) is 30.3 Å². The van der Waals surface area contributed by atoms with Gasteiger partial charge in [-0.3, -0.25) is 4.79 Å². The van der Waals surface area contributed by atoms with Crippen molar-refractivity contribution in [2.45, 2.75) is 24.5 Å². The number of hydrogen-bond donors (Lipinski definition) is 1. The van der Waals surface area contributed by atoms with Gasteiger partial charge in [0.1, 0.15) is 0 Å². The molecule has 8 heteroatoms.